The van der Waals surface area contributed by atoms with Crippen molar-refractivity contribution >= 4 is 18.0 Å². The molecule has 1 aliphatic carbocycles. The average Bonchev–Trinajstić information content (AvgIpc) is 3.40. The minimum absolute atomic E-state index is 0.0465. The van der Waals surface area contributed by atoms with Gasteiger partial charge in [-0.15, -0.1) is 0 Å². The average molecular weight is 481 g/mol. The number of benzene rings is 2. The largest absolute Gasteiger partial charge is 0.481 e. The van der Waals surface area contributed by atoms with E-state index in [2.05, 4.69) is 17.4 Å². The van der Waals surface area contributed by atoms with Crippen LogP contribution in [0.25, 0.3) is 11.1 Å². The second kappa shape index (κ2) is 10.1. The SMILES string of the molecule is CCC(COC)(NC(=O)OCC1c2ccccc2-c2ccccc21)C(=O)N1CC(C)C(C(=O)O)C1. The zero-order chi connectivity index (χ0) is 25.2. The number of carbonyl (C=O) groups is 3. The molecule has 1 saturated heterocycles. The highest BCUT2D eigenvalue weighted by Gasteiger charge is 2.46. The molecule has 35 heavy (non-hydrogen) atoms. The predicted octanol–water partition coefficient (Wildman–Crippen LogP) is 3.50. The maximum absolute atomic E-state index is 13.5. The number of nitrogens with zero attached hydrogens (tertiary/aromatic N) is 1. The molecule has 186 valence electrons. The topological polar surface area (TPSA) is 105 Å². The molecule has 0 radical (unpaired) electrons. The second-order valence-electron chi connectivity index (χ2n) is 9.45. The lowest BCUT2D eigenvalue weighted by Crippen LogP contribution is -2.62. The summed E-state index contributed by atoms with van der Waals surface area (Å²) in [5.41, 5.74) is 3.12. The first-order valence-corrected chi connectivity index (χ1v) is 12.0. The molecule has 1 heterocycles. The van der Waals surface area contributed by atoms with E-state index in [0.717, 1.165) is 22.3 Å². The molecular formula is C27H32N2O6. The monoisotopic (exact) mass is 480 g/mol. The number of carbonyl (C=O) groups excluding carboxylic acids is 2. The van der Waals surface area contributed by atoms with Crippen LogP contribution in [-0.2, 0) is 19.1 Å². The van der Waals surface area contributed by atoms with Crippen LogP contribution in [0.3, 0.4) is 0 Å². The van der Waals surface area contributed by atoms with E-state index in [0.29, 0.717) is 6.54 Å². The van der Waals surface area contributed by atoms with Gasteiger partial charge in [-0.05, 0) is 34.6 Å². The van der Waals surface area contributed by atoms with Crippen LogP contribution in [0.4, 0.5) is 4.79 Å². The highest BCUT2D eigenvalue weighted by atomic mass is 16.5. The number of aliphatic carboxylic acids is 1. The van der Waals surface area contributed by atoms with Crippen molar-refractivity contribution < 1.29 is 29.0 Å². The van der Waals surface area contributed by atoms with Gasteiger partial charge in [-0.1, -0.05) is 62.4 Å². The summed E-state index contributed by atoms with van der Waals surface area (Å²) in [5, 5.41) is 12.2. The molecular weight excluding hydrogens is 448 g/mol. The first-order chi connectivity index (χ1) is 16.8. The lowest BCUT2D eigenvalue weighted by atomic mass is 9.95. The van der Waals surface area contributed by atoms with Gasteiger partial charge in [-0.2, -0.15) is 0 Å². The molecule has 0 saturated carbocycles. The van der Waals surface area contributed by atoms with Gasteiger partial charge in [0.25, 0.3) is 5.91 Å². The number of likely N-dealkylation sites (tertiary alicyclic amines) is 1. The van der Waals surface area contributed by atoms with E-state index < -0.39 is 23.5 Å². The van der Waals surface area contributed by atoms with Crippen LogP contribution >= 0.6 is 0 Å². The normalized spacial score (nSPS) is 20.6. The van der Waals surface area contributed by atoms with Crippen LogP contribution in [0.2, 0.25) is 0 Å². The fourth-order valence-corrected chi connectivity index (χ4v) is 5.33. The van der Waals surface area contributed by atoms with Gasteiger partial charge >= 0.3 is 12.1 Å². The van der Waals surface area contributed by atoms with Crippen molar-refractivity contribution in [3.05, 3.63) is 59.7 Å². The molecule has 2 aromatic rings. The van der Waals surface area contributed by atoms with E-state index in [-0.39, 0.29) is 43.9 Å². The van der Waals surface area contributed by atoms with Gasteiger partial charge in [-0.3, -0.25) is 9.59 Å². The Morgan fingerprint density at radius 1 is 1.06 bits per heavy atom. The van der Waals surface area contributed by atoms with Crippen molar-refractivity contribution in [2.45, 2.75) is 31.7 Å². The molecule has 3 atom stereocenters. The smallest absolute Gasteiger partial charge is 0.408 e. The number of fused-ring (bicyclic) bond motifs is 3. The summed E-state index contributed by atoms with van der Waals surface area (Å²) >= 11 is 0. The summed E-state index contributed by atoms with van der Waals surface area (Å²) in [6, 6.07) is 16.1. The number of ether oxygens (including phenoxy) is 2. The van der Waals surface area contributed by atoms with Gasteiger partial charge < -0.3 is 24.8 Å². The molecule has 0 bridgehead atoms. The van der Waals surface area contributed by atoms with Gasteiger partial charge in [0.15, 0.2) is 0 Å². The van der Waals surface area contributed by atoms with E-state index in [9.17, 15) is 19.5 Å². The van der Waals surface area contributed by atoms with Gasteiger partial charge in [0, 0.05) is 26.1 Å². The third-order valence-corrected chi connectivity index (χ3v) is 7.31. The Bertz CT molecular complexity index is 1070. The number of carboxylic acids is 1. The van der Waals surface area contributed by atoms with E-state index in [1.165, 1.54) is 12.0 Å². The summed E-state index contributed by atoms with van der Waals surface area (Å²) in [6.07, 6.45) is -0.437. The molecule has 4 rings (SSSR count). The van der Waals surface area contributed by atoms with Crippen molar-refractivity contribution in [3.63, 3.8) is 0 Å². The van der Waals surface area contributed by atoms with E-state index in [1.807, 2.05) is 43.3 Å². The van der Waals surface area contributed by atoms with Crippen LogP contribution in [0, 0.1) is 11.8 Å². The van der Waals surface area contributed by atoms with Crippen molar-refractivity contribution in [2.75, 3.05) is 33.4 Å². The first-order valence-electron chi connectivity index (χ1n) is 12.0. The Hall–Kier alpha value is -3.39. The minimum atomic E-state index is -1.34. The molecule has 8 heteroatoms. The number of rotatable bonds is 8. The van der Waals surface area contributed by atoms with Crippen molar-refractivity contribution in [2.24, 2.45) is 11.8 Å². The Labute approximate surface area is 205 Å². The standard InChI is InChI=1S/C27H32N2O6/c1-4-27(16-34-3,25(32)29-13-17(2)22(14-29)24(30)31)28-26(33)35-15-23-20-11-7-5-9-18(20)19-10-6-8-12-21(19)23/h5-12,17,22-23H,4,13-16H2,1-3H3,(H,28,33)(H,30,31). The summed E-state index contributed by atoms with van der Waals surface area (Å²) in [5.74, 6) is -2.19. The number of carboxylic acid groups (broad SMARTS) is 1. The number of hydrogen-bond acceptors (Lipinski definition) is 5. The van der Waals surface area contributed by atoms with E-state index in [1.54, 1.807) is 6.92 Å². The molecule has 1 fully saturated rings. The maximum Gasteiger partial charge on any atom is 0.408 e. The number of methoxy groups -OCH3 is 1. The van der Waals surface area contributed by atoms with Crippen LogP contribution in [0.15, 0.2) is 48.5 Å². The molecule has 2 aromatic carbocycles. The highest BCUT2D eigenvalue weighted by Crippen LogP contribution is 2.44. The third kappa shape index (κ3) is 4.62. The Morgan fingerprint density at radius 3 is 2.17 bits per heavy atom. The molecule has 0 spiro atoms. The lowest BCUT2D eigenvalue weighted by Gasteiger charge is -2.35. The second-order valence-corrected chi connectivity index (χ2v) is 9.45. The lowest BCUT2D eigenvalue weighted by molar-refractivity contribution is -0.143. The zero-order valence-corrected chi connectivity index (χ0v) is 20.3. The molecule has 0 aromatic heterocycles. The predicted molar refractivity (Wildman–Crippen MR) is 130 cm³/mol. The van der Waals surface area contributed by atoms with E-state index in [4.69, 9.17) is 9.47 Å². The zero-order valence-electron chi connectivity index (χ0n) is 20.3. The Kier molecular flexibility index (Phi) is 7.12. The van der Waals surface area contributed by atoms with E-state index >= 15 is 0 Å². The maximum atomic E-state index is 13.5. The molecule has 1 aliphatic heterocycles. The Balaban J connectivity index is 1.48. The van der Waals surface area contributed by atoms with Crippen LogP contribution in [0.1, 0.15) is 37.3 Å². The highest BCUT2D eigenvalue weighted by molar-refractivity contribution is 5.91. The molecule has 3 unspecified atom stereocenters. The van der Waals surface area contributed by atoms with Crippen LogP contribution < -0.4 is 5.32 Å². The molecule has 8 nitrogen and oxygen atoms in total. The van der Waals surface area contributed by atoms with Crippen molar-refractivity contribution in [1.82, 2.24) is 10.2 Å². The minimum Gasteiger partial charge on any atom is -0.481 e. The number of alkyl carbamates (subject to hydrolysis) is 1. The summed E-state index contributed by atoms with van der Waals surface area (Å²) in [4.78, 5) is 39.5. The van der Waals surface area contributed by atoms with Crippen molar-refractivity contribution in [1.29, 1.82) is 0 Å². The molecule has 2 amide bonds. The Morgan fingerprint density at radius 2 is 1.66 bits per heavy atom. The molecule has 2 aliphatic rings. The number of hydrogen-bond donors (Lipinski definition) is 2. The van der Waals surface area contributed by atoms with Crippen LogP contribution in [0.5, 0.6) is 0 Å². The fourth-order valence-electron chi connectivity index (χ4n) is 5.33. The number of amides is 2. The summed E-state index contributed by atoms with van der Waals surface area (Å²) in [7, 11) is 1.46. The van der Waals surface area contributed by atoms with Gasteiger partial charge in [0.1, 0.15) is 12.1 Å². The number of nitrogens with one attached hydrogen (secondary N) is 1. The van der Waals surface area contributed by atoms with Gasteiger partial charge in [-0.25, -0.2) is 4.79 Å². The summed E-state index contributed by atoms with van der Waals surface area (Å²) < 4.78 is 11.0. The molecule has 2 N–H and O–H groups in total. The summed E-state index contributed by atoms with van der Waals surface area (Å²) in [6.45, 7) is 4.10. The first kappa shape index (κ1) is 24.7. The quantitative estimate of drug-likeness (QED) is 0.599. The van der Waals surface area contributed by atoms with Gasteiger partial charge in [0.2, 0.25) is 0 Å². The van der Waals surface area contributed by atoms with Crippen LogP contribution in [-0.4, -0.2) is 66.9 Å². The van der Waals surface area contributed by atoms with Gasteiger partial charge in [0.05, 0.1) is 12.5 Å². The fraction of sp³-hybridized carbons (Fsp3) is 0.444. The van der Waals surface area contributed by atoms with Crippen molar-refractivity contribution in [3.8, 4) is 11.1 Å². The third-order valence-electron chi connectivity index (χ3n) is 7.31.